The maximum Gasteiger partial charge on any atom is 0.279 e. The van der Waals surface area contributed by atoms with E-state index in [2.05, 4.69) is 9.71 Å². The fourth-order valence-corrected chi connectivity index (χ4v) is 5.77. The minimum atomic E-state index is -3.74. The molecule has 0 aliphatic carbocycles. The molecule has 1 heterocycles. The molecular weight excluding hydrogens is 514 g/mol. The lowest BCUT2D eigenvalue weighted by Gasteiger charge is -2.09. The maximum atomic E-state index is 13.0. The molecule has 37 heavy (non-hydrogen) atoms. The van der Waals surface area contributed by atoms with Crippen molar-refractivity contribution in [1.82, 2.24) is 4.57 Å². The number of anilines is 1. The van der Waals surface area contributed by atoms with E-state index in [1.807, 2.05) is 23.6 Å². The monoisotopic (exact) mass is 541 g/mol. The van der Waals surface area contributed by atoms with Crippen LogP contribution in [0.3, 0.4) is 0 Å². The van der Waals surface area contributed by atoms with Crippen LogP contribution in [-0.4, -0.2) is 46.8 Å². The van der Waals surface area contributed by atoms with Crippen LogP contribution in [-0.2, 0) is 21.3 Å². The first-order valence-corrected chi connectivity index (χ1v) is 13.6. The third-order valence-electron chi connectivity index (χ3n) is 5.62. The van der Waals surface area contributed by atoms with Gasteiger partial charge in [0.15, 0.2) is 16.3 Å². The second-order valence-electron chi connectivity index (χ2n) is 8.12. The molecule has 1 amide bonds. The molecule has 1 N–H and O–H groups in total. The highest BCUT2D eigenvalue weighted by atomic mass is 32.2. The van der Waals surface area contributed by atoms with Crippen LogP contribution in [0.5, 0.6) is 11.5 Å². The Labute approximate surface area is 219 Å². The van der Waals surface area contributed by atoms with Gasteiger partial charge in [-0.25, -0.2) is 8.42 Å². The van der Waals surface area contributed by atoms with E-state index in [0.29, 0.717) is 40.7 Å². The van der Waals surface area contributed by atoms with E-state index < -0.39 is 15.9 Å². The standard InChI is InChI=1S/C26H27N3O6S2/c1-17-5-11-20(12-6-17)37(31,32)28-19-9-7-18(8-10-19)25(30)27-26-29(13-14-33-2)21-15-22(34-3)23(35-4)16-24(21)36-26/h5-12,15-16,28H,13-14H2,1-4H3. The molecule has 0 saturated carbocycles. The molecule has 194 valence electrons. The fourth-order valence-electron chi connectivity index (χ4n) is 3.64. The molecule has 0 fully saturated rings. The second-order valence-corrected chi connectivity index (χ2v) is 10.8. The maximum absolute atomic E-state index is 13.0. The highest BCUT2D eigenvalue weighted by Gasteiger charge is 2.16. The number of benzene rings is 3. The van der Waals surface area contributed by atoms with Crippen molar-refractivity contribution in [3.8, 4) is 11.5 Å². The van der Waals surface area contributed by atoms with Crippen LogP contribution in [0.25, 0.3) is 10.2 Å². The number of hydrogen-bond donors (Lipinski definition) is 1. The summed E-state index contributed by atoms with van der Waals surface area (Å²) in [5.41, 5.74) is 2.47. The fraction of sp³-hybridized carbons (Fsp3) is 0.231. The van der Waals surface area contributed by atoms with Crippen LogP contribution in [0.4, 0.5) is 5.69 Å². The zero-order valence-electron chi connectivity index (χ0n) is 20.8. The Bertz CT molecular complexity index is 1590. The number of sulfonamides is 1. The van der Waals surface area contributed by atoms with Gasteiger partial charge in [0, 0.05) is 37.0 Å². The summed E-state index contributed by atoms with van der Waals surface area (Å²) in [4.78, 5) is 18.0. The third-order valence-corrected chi connectivity index (χ3v) is 8.06. The number of methoxy groups -OCH3 is 3. The molecular formula is C26H27N3O6S2. The average Bonchev–Trinajstić information content (AvgIpc) is 3.22. The van der Waals surface area contributed by atoms with Crippen molar-refractivity contribution >= 4 is 43.2 Å². The van der Waals surface area contributed by atoms with Gasteiger partial charge in [0.25, 0.3) is 15.9 Å². The molecule has 0 bridgehead atoms. The summed E-state index contributed by atoms with van der Waals surface area (Å²) >= 11 is 1.35. The normalized spacial score (nSPS) is 12.1. The van der Waals surface area contributed by atoms with Gasteiger partial charge in [-0.05, 0) is 43.3 Å². The summed E-state index contributed by atoms with van der Waals surface area (Å²) in [7, 11) is 0.991. The van der Waals surface area contributed by atoms with Gasteiger partial charge >= 0.3 is 0 Å². The van der Waals surface area contributed by atoms with Gasteiger partial charge in [-0.15, -0.1) is 0 Å². The second kappa shape index (κ2) is 11.2. The number of carbonyl (C=O) groups excluding carboxylic acids is 1. The molecule has 1 aromatic heterocycles. The van der Waals surface area contributed by atoms with Crippen molar-refractivity contribution in [2.24, 2.45) is 4.99 Å². The highest BCUT2D eigenvalue weighted by molar-refractivity contribution is 7.92. The number of aryl methyl sites for hydroxylation is 1. The molecule has 0 radical (unpaired) electrons. The van der Waals surface area contributed by atoms with Gasteiger partial charge in [0.1, 0.15) is 0 Å². The van der Waals surface area contributed by atoms with Gasteiger partial charge in [0.2, 0.25) is 0 Å². The van der Waals surface area contributed by atoms with Crippen LogP contribution < -0.4 is 19.0 Å². The largest absolute Gasteiger partial charge is 0.493 e. The molecule has 9 nitrogen and oxygen atoms in total. The van der Waals surface area contributed by atoms with Gasteiger partial charge in [-0.1, -0.05) is 29.0 Å². The number of hydrogen-bond acceptors (Lipinski definition) is 7. The Morgan fingerprint density at radius 3 is 2.24 bits per heavy atom. The number of thiazole rings is 1. The quantitative estimate of drug-likeness (QED) is 0.340. The topological polar surface area (TPSA) is 108 Å². The minimum absolute atomic E-state index is 0.159. The summed E-state index contributed by atoms with van der Waals surface area (Å²) < 4.78 is 46.7. The first-order chi connectivity index (χ1) is 17.7. The molecule has 0 unspecified atom stereocenters. The summed E-state index contributed by atoms with van der Waals surface area (Å²) in [6.45, 7) is 2.80. The van der Waals surface area contributed by atoms with Crippen molar-refractivity contribution in [2.45, 2.75) is 18.4 Å². The van der Waals surface area contributed by atoms with E-state index in [4.69, 9.17) is 14.2 Å². The average molecular weight is 542 g/mol. The van der Waals surface area contributed by atoms with Crippen LogP contribution in [0.1, 0.15) is 15.9 Å². The molecule has 3 aromatic carbocycles. The number of amides is 1. The molecule has 0 aliphatic rings. The molecule has 0 saturated heterocycles. The van der Waals surface area contributed by atoms with E-state index in [-0.39, 0.29) is 4.90 Å². The third kappa shape index (κ3) is 5.85. The number of carbonyl (C=O) groups is 1. The number of aromatic nitrogens is 1. The van der Waals surface area contributed by atoms with Crippen LogP contribution >= 0.6 is 11.3 Å². The predicted molar refractivity (Wildman–Crippen MR) is 143 cm³/mol. The number of fused-ring (bicyclic) bond motifs is 1. The first kappa shape index (κ1) is 26.4. The molecule has 4 aromatic rings. The lowest BCUT2D eigenvalue weighted by atomic mass is 10.2. The van der Waals surface area contributed by atoms with Crippen molar-refractivity contribution in [1.29, 1.82) is 0 Å². The Balaban J connectivity index is 1.64. The van der Waals surface area contributed by atoms with Gasteiger partial charge < -0.3 is 18.8 Å². The van der Waals surface area contributed by atoms with Crippen molar-refractivity contribution < 1.29 is 27.4 Å². The van der Waals surface area contributed by atoms with Crippen LogP contribution in [0.2, 0.25) is 0 Å². The first-order valence-electron chi connectivity index (χ1n) is 11.3. The molecule has 11 heteroatoms. The van der Waals surface area contributed by atoms with E-state index in [1.54, 1.807) is 45.6 Å². The SMILES string of the molecule is COCCn1c(=NC(=O)c2ccc(NS(=O)(=O)c3ccc(C)cc3)cc2)sc2cc(OC)c(OC)cc21. The summed E-state index contributed by atoms with van der Waals surface area (Å²) in [5, 5.41) is 0. The van der Waals surface area contributed by atoms with E-state index in [9.17, 15) is 13.2 Å². The number of ether oxygens (including phenoxy) is 3. The van der Waals surface area contributed by atoms with Crippen molar-refractivity contribution in [2.75, 3.05) is 32.7 Å². The summed E-state index contributed by atoms with van der Waals surface area (Å²) in [6.07, 6.45) is 0. The van der Waals surface area contributed by atoms with E-state index >= 15 is 0 Å². The lowest BCUT2D eigenvalue weighted by molar-refractivity contribution is 0.0997. The van der Waals surface area contributed by atoms with E-state index in [1.165, 1.54) is 35.6 Å². The Morgan fingerprint density at radius 1 is 0.973 bits per heavy atom. The zero-order chi connectivity index (χ0) is 26.6. The molecule has 0 spiro atoms. The number of nitrogens with zero attached hydrogens (tertiary/aromatic N) is 2. The Morgan fingerprint density at radius 2 is 1.62 bits per heavy atom. The van der Waals surface area contributed by atoms with Crippen molar-refractivity contribution in [3.63, 3.8) is 0 Å². The Kier molecular flexibility index (Phi) is 7.96. The lowest BCUT2D eigenvalue weighted by Crippen LogP contribution is -2.19. The minimum Gasteiger partial charge on any atom is -0.493 e. The number of rotatable bonds is 9. The predicted octanol–water partition coefficient (Wildman–Crippen LogP) is 4.22. The molecule has 4 rings (SSSR count). The Hall–Kier alpha value is -3.67. The van der Waals surface area contributed by atoms with Crippen LogP contribution in [0, 0.1) is 6.92 Å². The van der Waals surface area contributed by atoms with Crippen molar-refractivity contribution in [3.05, 3.63) is 76.6 Å². The molecule has 0 atom stereocenters. The number of nitrogens with one attached hydrogen (secondary N) is 1. The summed E-state index contributed by atoms with van der Waals surface area (Å²) in [5.74, 6) is 0.696. The summed E-state index contributed by atoms with van der Waals surface area (Å²) in [6, 6.07) is 16.4. The van der Waals surface area contributed by atoms with Gasteiger partial charge in [-0.2, -0.15) is 4.99 Å². The highest BCUT2D eigenvalue weighted by Crippen LogP contribution is 2.33. The zero-order valence-corrected chi connectivity index (χ0v) is 22.5. The molecule has 0 aliphatic heterocycles. The van der Waals surface area contributed by atoms with Gasteiger partial charge in [0.05, 0.1) is 35.9 Å². The van der Waals surface area contributed by atoms with Gasteiger partial charge in [-0.3, -0.25) is 9.52 Å². The smallest absolute Gasteiger partial charge is 0.279 e. The van der Waals surface area contributed by atoms with E-state index in [0.717, 1.165) is 15.8 Å². The van der Waals surface area contributed by atoms with Crippen LogP contribution in [0.15, 0.2) is 70.6 Å².